The van der Waals surface area contributed by atoms with Crippen molar-refractivity contribution in [1.82, 2.24) is 19.8 Å². The molecule has 3 rings (SSSR count). The van der Waals surface area contributed by atoms with Crippen LogP contribution in [0.5, 0.6) is 0 Å². The number of carbonyl (C=O) groups excluding carboxylic acids is 2. The highest BCUT2D eigenvalue weighted by molar-refractivity contribution is 5.93. The first-order valence-electron chi connectivity index (χ1n) is 8.38. The highest BCUT2D eigenvalue weighted by Crippen LogP contribution is 2.24. The van der Waals surface area contributed by atoms with Crippen LogP contribution in [0.15, 0.2) is 6.33 Å². The highest BCUT2D eigenvalue weighted by atomic mass is 16.5. The van der Waals surface area contributed by atoms with Crippen LogP contribution in [0.3, 0.4) is 0 Å². The molecule has 0 saturated carbocycles. The van der Waals surface area contributed by atoms with Gasteiger partial charge < -0.3 is 24.3 Å². The van der Waals surface area contributed by atoms with E-state index in [1.807, 2.05) is 9.47 Å². The fourth-order valence-corrected chi connectivity index (χ4v) is 3.25. The van der Waals surface area contributed by atoms with E-state index in [-0.39, 0.29) is 17.7 Å². The third kappa shape index (κ3) is 3.59. The largest absolute Gasteiger partial charge is 0.383 e. The van der Waals surface area contributed by atoms with Crippen molar-refractivity contribution < 1.29 is 19.1 Å². The van der Waals surface area contributed by atoms with Gasteiger partial charge in [0.2, 0.25) is 5.91 Å². The summed E-state index contributed by atoms with van der Waals surface area (Å²) >= 11 is 0. The summed E-state index contributed by atoms with van der Waals surface area (Å²) in [6.07, 6.45) is 3.10. The van der Waals surface area contributed by atoms with Gasteiger partial charge in [0.1, 0.15) is 5.69 Å². The lowest BCUT2D eigenvalue weighted by Crippen LogP contribution is -2.45. The van der Waals surface area contributed by atoms with Gasteiger partial charge in [-0.2, -0.15) is 0 Å². The molecule has 0 spiro atoms. The van der Waals surface area contributed by atoms with Crippen LogP contribution in [0.25, 0.3) is 0 Å². The Morgan fingerprint density at radius 2 is 2.21 bits per heavy atom. The summed E-state index contributed by atoms with van der Waals surface area (Å²) < 4.78 is 12.2. The van der Waals surface area contributed by atoms with Gasteiger partial charge in [0.25, 0.3) is 5.91 Å². The maximum absolute atomic E-state index is 12.6. The van der Waals surface area contributed by atoms with Crippen LogP contribution in [-0.4, -0.2) is 72.8 Å². The number of fused-ring (bicyclic) bond motifs is 1. The molecule has 0 radical (unpaired) electrons. The van der Waals surface area contributed by atoms with Crippen LogP contribution in [0.4, 0.5) is 0 Å². The minimum Gasteiger partial charge on any atom is -0.383 e. The number of nitrogens with one attached hydrogen (secondary N) is 1. The van der Waals surface area contributed by atoms with Gasteiger partial charge in [-0.1, -0.05) is 0 Å². The van der Waals surface area contributed by atoms with Crippen LogP contribution in [-0.2, 0) is 27.2 Å². The van der Waals surface area contributed by atoms with Crippen molar-refractivity contribution in [2.45, 2.75) is 19.4 Å². The Labute approximate surface area is 141 Å². The van der Waals surface area contributed by atoms with Crippen molar-refractivity contribution in [2.75, 3.05) is 46.6 Å². The summed E-state index contributed by atoms with van der Waals surface area (Å²) in [6, 6.07) is 0. The van der Waals surface area contributed by atoms with E-state index >= 15 is 0 Å². The van der Waals surface area contributed by atoms with E-state index in [0.717, 1.165) is 12.1 Å². The molecule has 3 heterocycles. The maximum Gasteiger partial charge on any atom is 0.271 e. The van der Waals surface area contributed by atoms with E-state index in [4.69, 9.17) is 9.47 Å². The Balaban J connectivity index is 1.62. The van der Waals surface area contributed by atoms with Crippen molar-refractivity contribution in [3.63, 3.8) is 0 Å². The van der Waals surface area contributed by atoms with Crippen molar-refractivity contribution in [2.24, 2.45) is 5.92 Å². The Kier molecular flexibility index (Phi) is 5.47. The molecule has 1 atom stereocenters. The average molecular weight is 336 g/mol. The summed E-state index contributed by atoms with van der Waals surface area (Å²) in [6.45, 7) is 4.07. The second kappa shape index (κ2) is 7.76. The van der Waals surface area contributed by atoms with Crippen LogP contribution in [0.2, 0.25) is 0 Å². The number of nitrogens with zero attached hydrogens (tertiary/aromatic N) is 3. The molecule has 2 amide bonds. The van der Waals surface area contributed by atoms with Crippen molar-refractivity contribution in [3.05, 3.63) is 17.7 Å². The molecule has 1 fully saturated rings. The molecule has 132 valence electrons. The number of hydrogen-bond acceptors (Lipinski definition) is 5. The molecule has 1 N–H and O–H groups in total. The first-order valence-corrected chi connectivity index (χ1v) is 8.38. The van der Waals surface area contributed by atoms with Gasteiger partial charge in [-0.3, -0.25) is 9.59 Å². The molecular weight excluding hydrogens is 312 g/mol. The van der Waals surface area contributed by atoms with Crippen molar-refractivity contribution in [3.8, 4) is 0 Å². The van der Waals surface area contributed by atoms with E-state index in [1.54, 1.807) is 13.4 Å². The van der Waals surface area contributed by atoms with Crippen molar-refractivity contribution in [1.29, 1.82) is 0 Å². The first kappa shape index (κ1) is 16.9. The maximum atomic E-state index is 12.6. The molecular formula is C16H24N4O4. The third-order valence-corrected chi connectivity index (χ3v) is 4.57. The average Bonchev–Trinajstić information content (AvgIpc) is 3.05. The van der Waals surface area contributed by atoms with Crippen LogP contribution < -0.4 is 5.32 Å². The topological polar surface area (TPSA) is 85.7 Å². The van der Waals surface area contributed by atoms with Crippen LogP contribution >= 0.6 is 0 Å². The monoisotopic (exact) mass is 336 g/mol. The second-order valence-electron chi connectivity index (χ2n) is 6.11. The number of carbonyl (C=O) groups is 2. The molecule has 24 heavy (non-hydrogen) atoms. The molecule has 1 aromatic rings. The minimum absolute atomic E-state index is 0.0470. The van der Waals surface area contributed by atoms with Crippen molar-refractivity contribution >= 4 is 11.8 Å². The van der Waals surface area contributed by atoms with E-state index in [2.05, 4.69) is 10.3 Å². The predicted octanol–water partition coefficient (Wildman–Crippen LogP) is -0.319. The zero-order valence-corrected chi connectivity index (χ0v) is 14.0. The zero-order valence-electron chi connectivity index (χ0n) is 14.0. The summed E-state index contributed by atoms with van der Waals surface area (Å²) in [4.78, 5) is 30.9. The lowest BCUT2D eigenvalue weighted by Gasteiger charge is -2.32. The SMILES string of the molecule is COCCNC(=O)c1ncn2c1CCC(C(=O)N1CCOCC1)C2. The summed E-state index contributed by atoms with van der Waals surface area (Å²) in [7, 11) is 1.59. The second-order valence-corrected chi connectivity index (χ2v) is 6.11. The number of amides is 2. The van der Waals surface area contributed by atoms with Crippen LogP contribution in [0, 0.1) is 5.92 Å². The number of imidazole rings is 1. The van der Waals surface area contributed by atoms with Gasteiger partial charge in [-0.15, -0.1) is 0 Å². The zero-order chi connectivity index (χ0) is 16.9. The molecule has 1 aromatic heterocycles. The lowest BCUT2D eigenvalue weighted by atomic mass is 9.95. The molecule has 8 heteroatoms. The van der Waals surface area contributed by atoms with Gasteiger partial charge in [-0.05, 0) is 12.8 Å². The standard InChI is InChI=1S/C16H24N4O4/c1-23-7-4-17-15(21)14-13-3-2-12(10-20(13)11-18-14)16(22)19-5-8-24-9-6-19/h11-12H,2-10H2,1H3,(H,17,21). The summed E-state index contributed by atoms with van der Waals surface area (Å²) in [5.74, 6) is -0.0447. The molecule has 0 bridgehead atoms. The molecule has 0 aliphatic carbocycles. The van der Waals surface area contributed by atoms with Gasteiger partial charge in [0.15, 0.2) is 0 Å². The number of morpholine rings is 1. The summed E-state index contributed by atoms with van der Waals surface area (Å²) in [5, 5.41) is 2.79. The van der Waals surface area contributed by atoms with E-state index in [0.29, 0.717) is 58.1 Å². The van der Waals surface area contributed by atoms with E-state index in [1.165, 1.54) is 0 Å². The van der Waals surface area contributed by atoms with E-state index in [9.17, 15) is 9.59 Å². The summed E-state index contributed by atoms with van der Waals surface area (Å²) in [5.41, 5.74) is 1.37. The van der Waals surface area contributed by atoms with Gasteiger partial charge in [-0.25, -0.2) is 4.98 Å². The molecule has 2 aliphatic heterocycles. The number of methoxy groups -OCH3 is 1. The first-order chi connectivity index (χ1) is 11.7. The molecule has 8 nitrogen and oxygen atoms in total. The fraction of sp³-hybridized carbons (Fsp3) is 0.688. The molecule has 1 unspecified atom stereocenters. The highest BCUT2D eigenvalue weighted by Gasteiger charge is 2.31. The van der Waals surface area contributed by atoms with E-state index < -0.39 is 0 Å². The fourth-order valence-electron chi connectivity index (χ4n) is 3.25. The van der Waals surface area contributed by atoms with Gasteiger partial charge in [0, 0.05) is 33.3 Å². The Hall–Kier alpha value is -1.93. The van der Waals surface area contributed by atoms with Crippen LogP contribution in [0.1, 0.15) is 22.6 Å². The predicted molar refractivity (Wildman–Crippen MR) is 85.6 cm³/mol. The Bertz CT molecular complexity index is 595. The molecule has 0 aromatic carbocycles. The number of ether oxygens (including phenoxy) is 2. The smallest absolute Gasteiger partial charge is 0.271 e. The molecule has 1 saturated heterocycles. The number of hydrogen-bond donors (Lipinski definition) is 1. The number of aromatic nitrogens is 2. The Morgan fingerprint density at radius 3 is 2.96 bits per heavy atom. The van der Waals surface area contributed by atoms with Gasteiger partial charge >= 0.3 is 0 Å². The molecule has 2 aliphatic rings. The minimum atomic E-state index is -0.182. The van der Waals surface area contributed by atoms with Gasteiger partial charge in [0.05, 0.1) is 37.8 Å². The Morgan fingerprint density at radius 1 is 1.42 bits per heavy atom. The quantitative estimate of drug-likeness (QED) is 0.745. The normalized spacial score (nSPS) is 20.5. The number of rotatable bonds is 5. The lowest BCUT2D eigenvalue weighted by molar-refractivity contribution is -0.140. The third-order valence-electron chi connectivity index (χ3n) is 4.57.